The molecule has 2 aromatic carbocycles. The Morgan fingerprint density at radius 2 is 1.80 bits per heavy atom. The molecule has 214 valence electrons. The molecular formula is C30H30N2O8S. The second-order valence-corrected chi connectivity index (χ2v) is 9.83. The number of allylic oxidation sites excluding steroid dienone is 1. The fourth-order valence-corrected chi connectivity index (χ4v) is 5.45. The van der Waals surface area contributed by atoms with Gasteiger partial charge >= 0.3 is 11.9 Å². The minimum Gasteiger partial charge on any atom is -0.493 e. The van der Waals surface area contributed by atoms with E-state index >= 15 is 0 Å². The van der Waals surface area contributed by atoms with Crippen LogP contribution in [0, 0.1) is 0 Å². The zero-order chi connectivity index (χ0) is 29.7. The van der Waals surface area contributed by atoms with E-state index in [2.05, 4.69) is 11.6 Å². The molecule has 1 unspecified atom stereocenters. The highest BCUT2D eigenvalue weighted by Crippen LogP contribution is 2.36. The van der Waals surface area contributed by atoms with Crippen LogP contribution in [-0.2, 0) is 14.3 Å². The molecule has 1 aliphatic heterocycles. The molecule has 0 N–H and O–H groups in total. The van der Waals surface area contributed by atoms with Crippen molar-refractivity contribution in [3.63, 3.8) is 0 Å². The Kier molecular flexibility index (Phi) is 9.08. The molecule has 0 saturated carbocycles. The van der Waals surface area contributed by atoms with Crippen LogP contribution in [0.2, 0.25) is 0 Å². The molecule has 0 spiro atoms. The highest BCUT2D eigenvalue weighted by Gasteiger charge is 2.34. The molecule has 1 aliphatic rings. The number of benzene rings is 2. The molecule has 0 bridgehead atoms. The third kappa shape index (κ3) is 6.09. The number of fused-ring (bicyclic) bond motifs is 1. The van der Waals surface area contributed by atoms with Crippen LogP contribution in [0.3, 0.4) is 0 Å². The first kappa shape index (κ1) is 29.3. The van der Waals surface area contributed by atoms with E-state index in [9.17, 15) is 14.4 Å². The number of esters is 2. The normalized spacial score (nSPS) is 14.6. The van der Waals surface area contributed by atoms with Crippen molar-refractivity contribution < 1.29 is 33.3 Å². The largest absolute Gasteiger partial charge is 0.493 e. The molecule has 1 atom stereocenters. The van der Waals surface area contributed by atoms with Gasteiger partial charge in [-0.05, 0) is 55.3 Å². The minimum atomic E-state index is -0.837. The zero-order valence-corrected chi connectivity index (χ0v) is 24.2. The Morgan fingerprint density at radius 1 is 1.07 bits per heavy atom. The number of carbonyl (C=O) groups excluding carboxylic acids is 2. The van der Waals surface area contributed by atoms with Crippen molar-refractivity contribution in [3.05, 3.63) is 91.1 Å². The first-order valence-corrected chi connectivity index (χ1v) is 13.5. The molecule has 4 rings (SSSR count). The van der Waals surface area contributed by atoms with Crippen LogP contribution >= 0.6 is 11.3 Å². The van der Waals surface area contributed by atoms with E-state index in [1.807, 2.05) is 6.92 Å². The number of aromatic nitrogens is 1. The lowest BCUT2D eigenvalue weighted by atomic mass is 9.95. The molecule has 0 radical (unpaired) electrons. The van der Waals surface area contributed by atoms with Gasteiger partial charge in [0.05, 0.1) is 42.7 Å². The lowest BCUT2D eigenvalue weighted by Crippen LogP contribution is -2.40. The van der Waals surface area contributed by atoms with Gasteiger partial charge in [-0.25, -0.2) is 9.79 Å². The Morgan fingerprint density at radius 3 is 2.46 bits per heavy atom. The maximum Gasteiger partial charge on any atom is 0.338 e. The van der Waals surface area contributed by atoms with Crippen LogP contribution in [0.25, 0.3) is 6.08 Å². The summed E-state index contributed by atoms with van der Waals surface area (Å²) in [6, 6.07) is 9.39. The molecule has 0 fully saturated rings. The van der Waals surface area contributed by atoms with Gasteiger partial charge in [0.25, 0.3) is 5.56 Å². The lowest BCUT2D eigenvalue weighted by Gasteiger charge is -2.25. The average molecular weight is 579 g/mol. The second kappa shape index (κ2) is 12.7. The molecular weight excluding hydrogens is 548 g/mol. The van der Waals surface area contributed by atoms with E-state index in [1.165, 1.54) is 43.1 Å². The average Bonchev–Trinajstić information content (AvgIpc) is 3.25. The molecule has 1 aromatic heterocycles. The Hall–Kier alpha value is -4.64. The van der Waals surface area contributed by atoms with Gasteiger partial charge in [0.1, 0.15) is 6.61 Å². The fraction of sp³-hybridized carbons (Fsp3) is 0.267. The van der Waals surface area contributed by atoms with Crippen LogP contribution in [0.15, 0.2) is 70.1 Å². The SMILES string of the molecule is C=CCOC(=O)C1=C(C)N=c2sc(=Cc3ccc(OC(C)=O)c(OCC)c3)c(=O)n2C1c1ccc(OC)c(OC)c1. The molecule has 41 heavy (non-hydrogen) atoms. The monoisotopic (exact) mass is 578 g/mol. The van der Waals surface area contributed by atoms with Crippen molar-refractivity contribution in [2.45, 2.75) is 26.8 Å². The summed E-state index contributed by atoms with van der Waals surface area (Å²) in [5.41, 5.74) is 1.56. The quantitative estimate of drug-likeness (QED) is 0.205. The van der Waals surface area contributed by atoms with Crippen LogP contribution in [-0.4, -0.2) is 43.9 Å². The minimum absolute atomic E-state index is 0.00416. The number of hydrogen-bond acceptors (Lipinski definition) is 10. The van der Waals surface area contributed by atoms with Gasteiger partial charge in [0, 0.05) is 6.92 Å². The van der Waals surface area contributed by atoms with Crippen LogP contribution in [0.5, 0.6) is 23.0 Å². The van der Waals surface area contributed by atoms with Crippen molar-refractivity contribution in [2.75, 3.05) is 27.4 Å². The Balaban J connectivity index is 1.91. The van der Waals surface area contributed by atoms with E-state index in [4.69, 9.17) is 23.7 Å². The van der Waals surface area contributed by atoms with Gasteiger partial charge in [-0.15, -0.1) is 0 Å². The van der Waals surface area contributed by atoms with Gasteiger partial charge in [-0.1, -0.05) is 36.1 Å². The van der Waals surface area contributed by atoms with Gasteiger partial charge in [0.2, 0.25) is 0 Å². The van der Waals surface area contributed by atoms with E-state index < -0.39 is 18.0 Å². The van der Waals surface area contributed by atoms with Crippen LogP contribution in [0.1, 0.15) is 37.9 Å². The predicted molar refractivity (Wildman–Crippen MR) is 153 cm³/mol. The summed E-state index contributed by atoms with van der Waals surface area (Å²) >= 11 is 1.19. The highest BCUT2D eigenvalue weighted by atomic mass is 32.1. The summed E-state index contributed by atoms with van der Waals surface area (Å²) < 4.78 is 29.0. The number of hydrogen-bond donors (Lipinski definition) is 0. The van der Waals surface area contributed by atoms with Crippen LogP contribution in [0.4, 0.5) is 0 Å². The van der Waals surface area contributed by atoms with Crippen LogP contribution < -0.4 is 33.8 Å². The zero-order valence-electron chi connectivity index (χ0n) is 23.4. The number of nitrogens with zero attached hydrogens (tertiary/aromatic N) is 2. The summed E-state index contributed by atoms with van der Waals surface area (Å²) in [4.78, 5) is 43.7. The van der Waals surface area contributed by atoms with E-state index in [-0.39, 0.29) is 23.5 Å². The molecule has 3 aromatic rings. The molecule has 11 heteroatoms. The maximum atomic E-state index is 13.9. The summed E-state index contributed by atoms with van der Waals surface area (Å²) in [7, 11) is 3.04. The third-order valence-corrected chi connectivity index (χ3v) is 7.10. The third-order valence-electron chi connectivity index (χ3n) is 6.12. The van der Waals surface area contributed by atoms with Crippen molar-refractivity contribution in [2.24, 2.45) is 4.99 Å². The van der Waals surface area contributed by atoms with Gasteiger partial charge in [-0.2, -0.15) is 0 Å². The molecule has 0 saturated heterocycles. The van der Waals surface area contributed by atoms with Gasteiger partial charge in [-0.3, -0.25) is 14.2 Å². The lowest BCUT2D eigenvalue weighted by molar-refractivity contribution is -0.138. The Labute approximate surface area is 240 Å². The first-order valence-electron chi connectivity index (χ1n) is 12.7. The summed E-state index contributed by atoms with van der Waals surface area (Å²) in [6.07, 6.45) is 3.17. The summed E-state index contributed by atoms with van der Waals surface area (Å²) in [5, 5.41) is 0. The smallest absolute Gasteiger partial charge is 0.338 e. The number of rotatable bonds is 10. The summed E-state index contributed by atoms with van der Waals surface area (Å²) in [5.74, 6) is 0.516. The molecule has 0 amide bonds. The van der Waals surface area contributed by atoms with E-state index in [0.717, 1.165) is 0 Å². The standard InChI is InChI=1S/C30H30N2O8S/c1-7-13-39-29(35)26-17(3)31-30-32(27(26)20-10-12-21(36-5)23(16-20)37-6)28(34)25(41-30)15-19-9-11-22(40-18(4)33)24(14-19)38-8-2/h7,9-12,14-16,27H,1,8,13H2,2-6H3. The van der Waals surface area contributed by atoms with E-state index in [1.54, 1.807) is 49.4 Å². The number of thiazole rings is 1. The number of methoxy groups -OCH3 is 2. The number of carbonyl (C=O) groups is 2. The van der Waals surface area contributed by atoms with Crippen molar-refractivity contribution in [1.29, 1.82) is 0 Å². The topological polar surface area (TPSA) is 115 Å². The van der Waals surface area contributed by atoms with E-state index in [0.29, 0.717) is 50.0 Å². The first-order chi connectivity index (χ1) is 19.7. The molecule has 2 heterocycles. The molecule has 0 aliphatic carbocycles. The second-order valence-electron chi connectivity index (χ2n) is 8.82. The summed E-state index contributed by atoms with van der Waals surface area (Å²) in [6.45, 7) is 8.80. The predicted octanol–water partition coefficient (Wildman–Crippen LogP) is 3.31. The van der Waals surface area contributed by atoms with Gasteiger partial charge in [0.15, 0.2) is 27.8 Å². The van der Waals surface area contributed by atoms with Crippen molar-refractivity contribution >= 4 is 29.4 Å². The van der Waals surface area contributed by atoms with Crippen molar-refractivity contribution in [3.8, 4) is 23.0 Å². The molecule has 10 nitrogen and oxygen atoms in total. The highest BCUT2D eigenvalue weighted by molar-refractivity contribution is 7.07. The Bertz CT molecular complexity index is 1720. The fourth-order valence-electron chi connectivity index (χ4n) is 4.41. The maximum absolute atomic E-state index is 13.9. The van der Waals surface area contributed by atoms with Gasteiger partial charge < -0.3 is 23.7 Å². The number of ether oxygens (including phenoxy) is 5. The van der Waals surface area contributed by atoms with Crippen molar-refractivity contribution in [1.82, 2.24) is 4.57 Å².